The number of amides is 1. The Bertz CT molecular complexity index is 1120. The lowest BCUT2D eigenvalue weighted by molar-refractivity contribution is 0.0780. The van der Waals surface area contributed by atoms with Gasteiger partial charge < -0.3 is 13.7 Å². The third kappa shape index (κ3) is 2.70. The number of imidazole rings is 1. The second kappa shape index (κ2) is 6.09. The van der Waals surface area contributed by atoms with Crippen LogP contribution in [0.5, 0.6) is 0 Å². The van der Waals surface area contributed by atoms with Crippen LogP contribution in [-0.2, 0) is 13.0 Å². The molecule has 5 rings (SSSR count). The van der Waals surface area contributed by atoms with Crippen molar-refractivity contribution >= 4 is 11.6 Å². The van der Waals surface area contributed by atoms with Gasteiger partial charge >= 0.3 is 0 Å². The van der Waals surface area contributed by atoms with E-state index in [1.165, 1.54) is 0 Å². The molecule has 0 fully saturated rings. The summed E-state index contributed by atoms with van der Waals surface area (Å²) >= 11 is 0. The number of rotatable bonds is 4. The quantitative estimate of drug-likeness (QED) is 0.560. The fourth-order valence-corrected chi connectivity index (χ4v) is 3.60. The topological polar surface area (TPSA) is 63.6 Å². The van der Waals surface area contributed by atoms with Gasteiger partial charge in [0.2, 0.25) is 0 Å². The van der Waals surface area contributed by atoms with Gasteiger partial charge in [-0.25, -0.2) is 4.98 Å². The Kier molecular flexibility index (Phi) is 3.57. The SMILES string of the molecule is Cc1ccc(-c2ccnc3c2C(=O)N(CCc2cn4ccccc4n2)C3)o1. The molecule has 27 heavy (non-hydrogen) atoms. The van der Waals surface area contributed by atoms with Gasteiger partial charge in [0, 0.05) is 37.1 Å². The zero-order chi connectivity index (χ0) is 18.4. The number of pyridine rings is 2. The van der Waals surface area contributed by atoms with Gasteiger partial charge in [0.25, 0.3) is 5.91 Å². The van der Waals surface area contributed by atoms with E-state index in [0.717, 1.165) is 28.4 Å². The molecule has 134 valence electrons. The average molecular weight is 358 g/mol. The lowest BCUT2D eigenvalue weighted by atomic mass is 10.1. The summed E-state index contributed by atoms with van der Waals surface area (Å²) in [6, 6.07) is 11.6. The van der Waals surface area contributed by atoms with E-state index >= 15 is 0 Å². The smallest absolute Gasteiger partial charge is 0.256 e. The maximum absolute atomic E-state index is 13.0. The molecule has 0 unspecified atom stereocenters. The molecule has 0 bridgehead atoms. The Morgan fingerprint density at radius 2 is 2.11 bits per heavy atom. The van der Waals surface area contributed by atoms with E-state index in [4.69, 9.17) is 4.42 Å². The van der Waals surface area contributed by atoms with Crippen molar-refractivity contribution in [2.75, 3.05) is 6.54 Å². The van der Waals surface area contributed by atoms with E-state index in [-0.39, 0.29) is 5.91 Å². The first-order valence-corrected chi connectivity index (χ1v) is 8.95. The van der Waals surface area contributed by atoms with Crippen LogP contribution in [0.3, 0.4) is 0 Å². The Hall–Kier alpha value is -3.41. The molecule has 1 aliphatic heterocycles. The van der Waals surface area contributed by atoms with Crippen LogP contribution >= 0.6 is 0 Å². The Morgan fingerprint density at radius 1 is 1.19 bits per heavy atom. The van der Waals surface area contributed by atoms with E-state index < -0.39 is 0 Å². The third-order valence-electron chi connectivity index (χ3n) is 4.93. The minimum Gasteiger partial charge on any atom is -0.461 e. The monoisotopic (exact) mass is 358 g/mol. The average Bonchev–Trinajstić information content (AvgIpc) is 3.37. The number of carbonyl (C=O) groups is 1. The lowest BCUT2D eigenvalue weighted by Gasteiger charge is -2.14. The van der Waals surface area contributed by atoms with Crippen molar-refractivity contribution in [2.45, 2.75) is 19.9 Å². The molecule has 0 N–H and O–H groups in total. The summed E-state index contributed by atoms with van der Waals surface area (Å²) < 4.78 is 7.72. The molecule has 0 saturated heterocycles. The molecular weight excluding hydrogens is 340 g/mol. The maximum Gasteiger partial charge on any atom is 0.256 e. The normalized spacial score (nSPS) is 13.5. The summed E-state index contributed by atoms with van der Waals surface area (Å²) in [7, 11) is 0. The predicted octanol–water partition coefficient (Wildman–Crippen LogP) is 3.50. The second-order valence-corrected chi connectivity index (χ2v) is 6.77. The van der Waals surface area contributed by atoms with Crippen LogP contribution in [0.15, 0.2) is 59.4 Å². The van der Waals surface area contributed by atoms with Crippen molar-refractivity contribution in [3.63, 3.8) is 0 Å². The summed E-state index contributed by atoms with van der Waals surface area (Å²) in [6.07, 6.45) is 6.43. The van der Waals surface area contributed by atoms with Crippen molar-refractivity contribution in [1.29, 1.82) is 0 Å². The lowest BCUT2D eigenvalue weighted by Crippen LogP contribution is -2.26. The minimum absolute atomic E-state index is 0.00548. The zero-order valence-electron chi connectivity index (χ0n) is 14.9. The number of carbonyl (C=O) groups excluding carboxylic acids is 1. The summed E-state index contributed by atoms with van der Waals surface area (Å²) in [6.45, 7) is 3.03. The molecule has 6 nitrogen and oxygen atoms in total. The number of aromatic nitrogens is 3. The van der Waals surface area contributed by atoms with Gasteiger partial charge in [-0.05, 0) is 37.3 Å². The van der Waals surface area contributed by atoms with E-state index in [0.29, 0.717) is 30.8 Å². The zero-order valence-corrected chi connectivity index (χ0v) is 14.9. The van der Waals surface area contributed by atoms with Crippen LogP contribution in [0.4, 0.5) is 0 Å². The molecule has 1 aliphatic rings. The van der Waals surface area contributed by atoms with Gasteiger partial charge in [-0.15, -0.1) is 0 Å². The van der Waals surface area contributed by atoms with Gasteiger partial charge in [0.15, 0.2) is 0 Å². The highest BCUT2D eigenvalue weighted by Crippen LogP contribution is 2.32. The molecule has 5 heterocycles. The van der Waals surface area contributed by atoms with Crippen molar-refractivity contribution in [3.8, 4) is 11.3 Å². The summed E-state index contributed by atoms with van der Waals surface area (Å²) in [5, 5.41) is 0. The largest absolute Gasteiger partial charge is 0.461 e. The number of hydrogen-bond acceptors (Lipinski definition) is 4. The molecular formula is C21H18N4O2. The van der Waals surface area contributed by atoms with Gasteiger partial charge in [0.05, 0.1) is 23.5 Å². The summed E-state index contributed by atoms with van der Waals surface area (Å²) in [5.74, 6) is 1.54. The van der Waals surface area contributed by atoms with Crippen LogP contribution in [0.2, 0.25) is 0 Å². The first kappa shape index (κ1) is 15.8. The highest BCUT2D eigenvalue weighted by Gasteiger charge is 2.32. The molecule has 1 amide bonds. The number of aryl methyl sites for hydroxylation is 1. The Morgan fingerprint density at radius 3 is 2.93 bits per heavy atom. The summed E-state index contributed by atoms with van der Waals surface area (Å²) in [4.78, 5) is 23.9. The molecule has 6 heteroatoms. The van der Waals surface area contributed by atoms with E-state index in [1.807, 2.05) is 65.0 Å². The number of nitrogens with zero attached hydrogens (tertiary/aromatic N) is 4. The van der Waals surface area contributed by atoms with Crippen LogP contribution in [0, 0.1) is 6.92 Å². The van der Waals surface area contributed by atoms with Crippen LogP contribution in [-0.4, -0.2) is 31.7 Å². The highest BCUT2D eigenvalue weighted by atomic mass is 16.3. The number of fused-ring (bicyclic) bond motifs is 2. The molecule has 4 aromatic rings. The van der Waals surface area contributed by atoms with Crippen LogP contribution in [0.1, 0.15) is 27.5 Å². The second-order valence-electron chi connectivity index (χ2n) is 6.77. The summed E-state index contributed by atoms with van der Waals surface area (Å²) in [5.41, 5.74) is 4.16. The molecule has 0 spiro atoms. The molecule has 0 radical (unpaired) electrons. The minimum atomic E-state index is 0.00548. The fourth-order valence-electron chi connectivity index (χ4n) is 3.60. The first-order chi connectivity index (χ1) is 13.2. The predicted molar refractivity (Wildman–Crippen MR) is 100 cm³/mol. The van der Waals surface area contributed by atoms with Crippen molar-refractivity contribution in [3.05, 3.63) is 77.7 Å². The molecule has 0 aromatic carbocycles. The maximum atomic E-state index is 13.0. The molecule has 0 aliphatic carbocycles. The first-order valence-electron chi connectivity index (χ1n) is 8.95. The third-order valence-corrected chi connectivity index (χ3v) is 4.93. The van der Waals surface area contributed by atoms with Crippen molar-refractivity contribution in [2.24, 2.45) is 0 Å². The van der Waals surface area contributed by atoms with Gasteiger partial charge in [-0.3, -0.25) is 9.78 Å². The molecule has 0 atom stereocenters. The van der Waals surface area contributed by atoms with Crippen LogP contribution in [0.25, 0.3) is 17.0 Å². The Labute approximate surface area is 156 Å². The number of furan rings is 1. The highest BCUT2D eigenvalue weighted by molar-refractivity contribution is 6.03. The van der Waals surface area contributed by atoms with Gasteiger partial charge in [0.1, 0.15) is 17.2 Å². The van der Waals surface area contributed by atoms with Crippen LogP contribution < -0.4 is 0 Å². The number of hydrogen-bond donors (Lipinski definition) is 0. The molecule has 0 saturated carbocycles. The van der Waals surface area contributed by atoms with E-state index in [9.17, 15) is 4.79 Å². The fraction of sp³-hybridized carbons (Fsp3) is 0.190. The van der Waals surface area contributed by atoms with Crippen molar-refractivity contribution < 1.29 is 9.21 Å². The standard InChI is InChI=1S/C21H18N4O2/c1-14-5-6-18(27-14)16-7-9-22-17-13-25(21(26)20(16)17)11-8-15-12-24-10-3-2-4-19(24)23-15/h2-7,9-10,12H,8,11,13H2,1H3. The van der Waals surface area contributed by atoms with E-state index in [2.05, 4.69) is 9.97 Å². The van der Waals surface area contributed by atoms with Gasteiger partial charge in [-0.1, -0.05) is 6.07 Å². The van der Waals surface area contributed by atoms with Gasteiger partial charge in [-0.2, -0.15) is 0 Å². The Balaban J connectivity index is 1.38. The van der Waals surface area contributed by atoms with E-state index in [1.54, 1.807) is 6.20 Å². The molecule has 4 aromatic heterocycles. The van der Waals surface area contributed by atoms with Crippen molar-refractivity contribution in [1.82, 2.24) is 19.3 Å².